The molecule has 0 aromatic heterocycles. The van der Waals surface area contributed by atoms with E-state index in [1.54, 1.807) is 0 Å². The normalized spacial score (nSPS) is 15.3. The summed E-state index contributed by atoms with van der Waals surface area (Å²) in [6.07, 6.45) is 0. The summed E-state index contributed by atoms with van der Waals surface area (Å²) in [7, 11) is 0. The Morgan fingerprint density at radius 2 is 1.09 bits per heavy atom. The van der Waals surface area contributed by atoms with Crippen LogP contribution >= 0.6 is 0 Å². The molecular weight excluding hydrogens is 452 g/mol. The van der Waals surface area contributed by atoms with E-state index >= 15 is 0 Å². The molecule has 0 saturated carbocycles. The van der Waals surface area contributed by atoms with Crippen LogP contribution in [-0.2, 0) is 18.6 Å². The van der Waals surface area contributed by atoms with Crippen LogP contribution in [-0.4, -0.2) is 0 Å². The Hall–Kier alpha value is -1.48. The van der Waals surface area contributed by atoms with Gasteiger partial charge in [-0.05, 0) is 0 Å². The van der Waals surface area contributed by atoms with Gasteiger partial charge < -0.3 is 12.4 Å². The van der Waals surface area contributed by atoms with Crippen LogP contribution < -0.4 is 19.0 Å². The number of rotatable bonds is 7. The van der Waals surface area contributed by atoms with Crippen molar-refractivity contribution < 1.29 is 37.7 Å². The number of hydrogen-bond donors (Lipinski definition) is 0. The Balaban J connectivity index is 0.00000363. The number of benzene rings is 2. The van der Waals surface area contributed by atoms with Gasteiger partial charge in [-0.25, -0.2) is 0 Å². The quantitative estimate of drug-likeness (QED) is 0.480. The molecule has 0 heterocycles. The zero-order valence-corrected chi connectivity index (χ0v) is 23.3. The van der Waals surface area contributed by atoms with Crippen LogP contribution in [0.15, 0.2) is 69.1 Å². The van der Waals surface area contributed by atoms with E-state index in [0.717, 1.165) is 11.5 Å². The van der Waals surface area contributed by atoms with E-state index in [-0.39, 0.29) is 17.8 Å². The molecule has 0 N–H and O–H groups in total. The average molecular weight is 489 g/mol. The fourth-order valence-corrected chi connectivity index (χ4v) is 7.87. The summed E-state index contributed by atoms with van der Waals surface area (Å²) in [5.41, 5.74) is 6.58. The molecule has 0 unspecified atom stereocenters. The Morgan fingerprint density at radius 3 is 1.44 bits per heavy atom. The van der Waals surface area contributed by atoms with Crippen molar-refractivity contribution in [3.05, 3.63) is 80.3 Å². The summed E-state index contributed by atoms with van der Waals surface area (Å²) in [6.45, 7) is 20.2. The first-order valence-electron chi connectivity index (χ1n) is 11.4. The fraction of sp³-hybridized carbons (Fsp3) is 0.429. The van der Waals surface area contributed by atoms with Crippen molar-refractivity contribution in [3.63, 3.8) is 0 Å². The summed E-state index contributed by atoms with van der Waals surface area (Å²) in [5, 5.41) is 0. The molecule has 0 fully saturated rings. The van der Waals surface area contributed by atoms with Gasteiger partial charge in [-0.1, -0.05) is 0 Å². The van der Waals surface area contributed by atoms with Gasteiger partial charge in [0.1, 0.15) is 0 Å². The second-order valence-electron chi connectivity index (χ2n) is 9.75. The molecule has 0 amide bonds. The summed E-state index contributed by atoms with van der Waals surface area (Å²) in [6, 6.07) is 16.9. The van der Waals surface area contributed by atoms with Crippen molar-refractivity contribution >= 4 is 0 Å². The largest absolute Gasteiger partial charge is 1.00 e. The van der Waals surface area contributed by atoms with Crippen LogP contribution in [0.4, 0.5) is 0 Å². The molecule has 0 atom stereocenters. The Kier molecular flexibility index (Phi) is 8.90. The SMILES string of the molecule is CC1=C(C)C(C)(C)[C]([Ti+]([O]c2ccccc2C(C)C)[O]c2ccccc2C(C)C)=C1C.[Cl-]. The van der Waals surface area contributed by atoms with Crippen LogP contribution in [0.2, 0.25) is 0 Å². The van der Waals surface area contributed by atoms with Crippen molar-refractivity contribution in [1.82, 2.24) is 0 Å². The van der Waals surface area contributed by atoms with Crippen molar-refractivity contribution in [2.24, 2.45) is 5.41 Å². The summed E-state index contributed by atoms with van der Waals surface area (Å²) < 4.78 is 15.2. The standard InChI is InChI=1S/C10H15.2C9H12O.ClH.Ti/c1-7-6-10(4,5)9(3)8(7)2;2*1-7(2)8-5-3-4-6-9(8)10;;/h1-5H3;2*3-7,10H,1-2H3;1H;/q;;;;+3/p-3. The van der Waals surface area contributed by atoms with Gasteiger partial charge in [0, 0.05) is 0 Å². The van der Waals surface area contributed by atoms with E-state index in [9.17, 15) is 0 Å². The van der Waals surface area contributed by atoms with Gasteiger partial charge >= 0.3 is 197 Å². The van der Waals surface area contributed by atoms with E-state index in [1.165, 1.54) is 31.7 Å². The van der Waals surface area contributed by atoms with E-state index in [0.29, 0.717) is 11.8 Å². The number of hydrogen-bond acceptors (Lipinski definition) is 2. The van der Waals surface area contributed by atoms with Crippen molar-refractivity contribution in [1.29, 1.82) is 0 Å². The molecule has 2 aromatic carbocycles. The van der Waals surface area contributed by atoms with Crippen LogP contribution in [0.5, 0.6) is 11.5 Å². The third-order valence-electron chi connectivity index (χ3n) is 6.75. The van der Waals surface area contributed by atoms with Gasteiger partial charge in [0.25, 0.3) is 0 Å². The molecule has 32 heavy (non-hydrogen) atoms. The van der Waals surface area contributed by atoms with Gasteiger partial charge in [-0.2, -0.15) is 0 Å². The number of halogens is 1. The van der Waals surface area contributed by atoms with Crippen LogP contribution in [0, 0.1) is 5.41 Å². The molecule has 1 aliphatic rings. The maximum atomic E-state index is 6.89. The average Bonchev–Trinajstić information content (AvgIpc) is 2.87. The fourth-order valence-electron chi connectivity index (χ4n) is 4.43. The summed E-state index contributed by atoms with van der Waals surface area (Å²) in [5.74, 6) is 2.72. The second kappa shape index (κ2) is 10.6. The van der Waals surface area contributed by atoms with E-state index in [4.69, 9.17) is 6.64 Å². The molecule has 2 nitrogen and oxygen atoms in total. The molecule has 0 radical (unpaired) electrons. The van der Waals surface area contributed by atoms with Crippen molar-refractivity contribution in [3.8, 4) is 11.5 Å². The van der Waals surface area contributed by atoms with Crippen molar-refractivity contribution in [2.45, 2.75) is 74.1 Å². The first kappa shape index (κ1) is 26.8. The first-order chi connectivity index (χ1) is 14.6. The van der Waals surface area contributed by atoms with Gasteiger partial charge in [-0.15, -0.1) is 0 Å². The molecule has 3 rings (SSSR count). The van der Waals surface area contributed by atoms with E-state index in [2.05, 4.69) is 111 Å². The molecule has 0 spiro atoms. The number of para-hydroxylation sites is 2. The molecule has 172 valence electrons. The minimum absolute atomic E-state index is 0. The van der Waals surface area contributed by atoms with Gasteiger partial charge in [-0.3, -0.25) is 0 Å². The topological polar surface area (TPSA) is 18.5 Å². The molecule has 0 aliphatic heterocycles. The molecule has 0 bridgehead atoms. The summed E-state index contributed by atoms with van der Waals surface area (Å²) in [4.78, 5) is 0. The van der Waals surface area contributed by atoms with Crippen LogP contribution in [0.1, 0.15) is 85.3 Å². The zero-order chi connectivity index (χ0) is 22.9. The Labute approximate surface area is 208 Å². The molecule has 0 saturated heterocycles. The minimum atomic E-state index is -2.66. The monoisotopic (exact) mass is 488 g/mol. The molecule has 2 aromatic rings. The van der Waals surface area contributed by atoms with E-state index in [1.807, 2.05) is 0 Å². The van der Waals surface area contributed by atoms with Crippen LogP contribution in [0.25, 0.3) is 0 Å². The van der Waals surface area contributed by atoms with Crippen LogP contribution in [0.3, 0.4) is 0 Å². The second-order valence-corrected chi connectivity index (χ2v) is 12.1. The maximum absolute atomic E-state index is 6.89. The molecular formula is C28H37ClO2Ti. The predicted molar refractivity (Wildman–Crippen MR) is 127 cm³/mol. The van der Waals surface area contributed by atoms with Gasteiger partial charge in [0.05, 0.1) is 0 Å². The Morgan fingerprint density at radius 1 is 0.688 bits per heavy atom. The van der Waals surface area contributed by atoms with Gasteiger partial charge in [0.15, 0.2) is 0 Å². The smallest absolute Gasteiger partial charge is 1.00 e. The molecule has 4 heteroatoms. The zero-order valence-electron chi connectivity index (χ0n) is 21.0. The summed E-state index contributed by atoms with van der Waals surface area (Å²) >= 11 is -2.66. The van der Waals surface area contributed by atoms with Gasteiger partial charge in [0.2, 0.25) is 0 Å². The van der Waals surface area contributed by atoms with E-state index < -0.39 is 18.6 Å². The third kappa shape index (κ3) is 5.19. The predicted octanol–water partition coefficient (Wildman–Crippen LogP) is 5.49. The maximum Gasteiger partial charge on any atom is -1.00 e. The third-order valence-corrected chi connectivity index (χ3v) is 10.2. The Bertz CT molecular complexity index is 964. The molecule has 1 aliphatic carbocycles. The first-order valence-corrected chi connectivity index (χ1v) is 13.4. The number of allylic oxidation sites excluding steroid dienone is 4. The van der Waals surface area contributed by atoms with Crippen molar-refractivity contribution in [2.75, 3.05) is 0 Å². The minimum Gasteiger partial charge on any atom is -1.00 e.